The van der Waals surface area contributed by atoms with Gasteiger partial charge in [0.2, 0.25) is 0 Å². The van der Waals surface area contributed by atoms with Crippen molar-refractivity contribution in [3.05, 3.63) is 131 Å². The second kappa shape index (κ2) is 13.1. The van der Waals surface area contributed by atoms with Crippen molar-refractivity contribution in [3.8, 4) is 11.1 Å². The molecule has 4 aromatic carbocycles. The van der Waals surface area contributed by atoms with Crippen LogP contribution in [0.2, 0.25) is 0 Å². The largest absolute Gasteiger partial charge is 0.481 e. The molecule has 0 saturated carbocycles. The van der Waals surface area contributed by atoms with Gasteiger partial charge in [0.1, 0.15) is 0 Å². The van der Waals surface area contributed by atoms with E-state index in [2.05, 4.69) is 38.2 Å². The van der Waals surface area contributed by atoms with Crippen LogP contribution >= 0.6 is 0 Å². The third kappa shape index (κ3) is 7.70. The molecule has 4 rings (SSSR count). The molecule has 0 aromatic heterocycles. The van der Waals surface area contributed by atoms with Gasteiger partial charge in [-0.1, -0.05) is 112 Å². The van der Waals surface area contributed by atoms with E-state index in [0.29, 0.717) is 28.8 Å². The van der Waals surface area contributed by atoms with Crippen molar-refractivity contribution in [2.75, 3.05) is 6.54 Å². The average molecular weight is 549 g/mol. The fourth-order valence-corrected chi connectivity index (χ4v) is 4.68. The summed E-state index contributed by atoms with van der Waals surface area (Å²) in [6, 6.07) is 32.1. The Hall–Kier alpha value is -4.71. The highest BCUT2D eigenvalue weighted by Crippen LogP contribution is 2.29. The summed E-state index contributed by atoms with van der Waals surface area (Å²) in [7, 11) is 0. The molecule has 41 heavy (non-hydrogen) atoms. The maximum absolute atomic E-state index is 13.9. The van der Waals surface area contributed by atoms with Crippen LogP contribution in [-0.2, 0) is 23.3 Å². The Morgan fingerprint density at radius 3 is 1.88 bits per heavy atom. The van der Waals surface area contributed by atoms with Gasteiger partial charge >= 0.3 is 5.97 Å². The Labute approximate surface area is 241 Å². The standard InChI is InChI=1S/C35H36N2O4/c1-35(2,3)27-19-17-25(18-20-27)23-36-33(40)30-15-9-7-13-28(30)29-14-8-10-16-31(29)34(41)37(22-21-32(38)39)24-26-11-5-4-6-12-26/h4-20H,21-24H2,1-3H3,(H,36,40)(H,38,39). The monoisotopic (exact) mass is 548 g/mol. The Morgan fingerprint density at radius 2 is 1.27 bits per heavy atom. The van der Waals surface area contributed by atoms with Crippen LogP contribution < -0.4 is 5.32 Å². The van der Waals surface area contributed by atoms with E-state index in [0.717, 1.165) is 11.1 Å². The molecule has 4 aromatic rings. The molecule has 0 bridgehead atoms. The molecule has 0 aliphatic rings. The molecule has 0 fully saturated rings. The summed E-state index contributed by atoms with van der Waals surface area (Å²) in [5.41, 5.74) is 5.29. The average Bonchev–Trinajstić information content (AvgIpc) is 2.98. The van der Waals surface area contributed by atoms with E-state index < -0.39 is 5.97 Å². The molecular weight excluding hydrogens is 512 g/mol. The van der Waals surface area contributed by atoms with Gasteiger partial charge < -0.3 is 15.3 Å². The summed E-state index contributed by atoms with van der Waals surface area (Å²) in [6.45, 7) is 7.20. The fourth-order valence-electron chi connectivity index (χ4n) is 4.68. The molecular formula is C35H36N2O4. The van der Waals surface area contributed by atoms with E-state index in [9.17, 15) is 19.5 Å². The molecule has 6 heteroatoms. The smallest absolute Gasteiger partial charge is 0.305 e. The van der Waals surface area contributed by atoms with Crippen molar-refractivity contribution >= 4 is 17.8 Å². The van der Waals surface area contributed by atoms with Gasteiger partial charge in [-0.3, -0.25) is 14.4 Å². The maximum atomic E-state index is 13.9. The number of carbonyl (C=O) groups is 3. The highest BCUT2D eigenvalue weighted by Gasteiger charge is 2.23. The second-order valence-corrected chi connectivity index (χ2v) is 11.1. The van der Waals surface area contributed by atoms with Gasteiger partial charge in [0.05, 0.1) is 6.42 Å². The third-order valence-electron chi connectivity index (χ3n) is 6.99. The summed E-state index contributed by atoms with van der Waals surface area (Å²) in [5.74, 6) is -1.51. The van der Waals surface area contributed by atoms with Crippen molar-refractivity contribution in [3.63, 3.8) is 0 Å². The van der Waals surface area contributed by atoms with Crippen molar-refractivity contribution in [1.29, 1.82) is 0 Å². The molecule has 2 amide bonds. The Balaban J connectivity index is 1.60. The van der Waals surface area contributed by atoms with E-state index >= 15 is 0 Å². The summed E-state index contributed by atoms with van der Waals surface area (Å²) < 4.78 is 0. The molecule has 0 aliphatic carbocycles. The number of benzene rings is 4. The number of rotatable bonds is 10. The molecule has 0 heterocycles. The molecule has 0 saturated heterocycles. The first-order valence-corrected chi connectivity index (χ1v) is 13.7. The quantitative estimate of drug-likeness (QED) is 0.231. The first kappa shape index (κ1) is 29.3. The van der Waals surface area contributed by atoms with Gasteiger partial charge in [0, 0.05) is 30.8 Å². The molecule has 0 atom stereocenters. The van der Waals surface area contributed by atoms with E-state index in [1.165, 1.54) is 5.56 Å². The fraction of sp³-hybridized carbons (Fsp3) is 0.229. The minimum absolute atomic E-state index is 0.0514. The van der Waals surface area contributed by atoms with Crippen LogP contribution in [0.4, 0.5) is 0 Å². The number of nitrogens with zero attached hydrogens (tertiary/aromatic N) is 1. The lowest BCUT2D eigenvalue weighted by atomic mass is 9.87. The van der Waals surface area contributed by atoms with Gasteiger partial charge in [-0.2, -0.15) is 0 Å². The molecule has 210 valence electrons. The number of carbonyl (C=O) groups excluding carboxylic acids is 2. The van der Waals surface area contributed by atoms with Crippen LogP contribution in [0.5, 0.6) is 0 Å². The molecule has 0 radical (unpaired) electrons. The Bertz CT molecular complexity index is 1510. The number of amides is 2. The zero-order valence-corrected chi connectivity index (χ0v) is 23.8. The van der Waals surface area contributed by atoms with Gasteiger partial charge in [-0.25, -0.2) is 0 Å². The number of carboxylic acids is 1. The van der Waals surface area contributed by atoms with Crippen LogP contribution in [-0.4, -0.2) is 34.3 Å². The zero-order chi connectivity index (χ0) is 29.4. The van der Waals surface area contributed by atoms with Crippen LogP contribution in [0.15, 0.2) is 103 Å². The van der Waals surface area contributed by atoms with Crippen LogP contribution in [0.25, 0.3) is 11.1 Å². The number of carboxylic acid groups (broad SMARTS) is 1. The van der Waals surface area contributed by atoms with Gasteiger partial charge in [-0.05, 0) is 45.4 Å². The predicted molar refractivity (Wildman–Crippen MR) is 162 cm³/mol. The minimum atomic E-state index is -0.973. The lowest BCUT2D eigenvalue weighted by Crippen LogP contribution is -2.33. The number of hydrogen-bond acceptors (Lipinski definition) is 3. The number of hydrogen-bond donors (Lipinski definition) is 2. The highest BCUT2D eigenvalue weighted by atomic mass is 16.4. The van der Waals surface area contributed by atoms with Crippen LogP contribution in [0, 0.1) is 0 Å². The summed E-state index contributed by atoms with van der Waals surface area (Å²) in [5, 5.41) is 12.3. The number of aliphatic carboxylic acids is 1. The Kier molecular flexibility index (Phi) is 9.35. The summed E-state index contributed by atoms with van der Waals surface area (Å²) >= 11 is 0. The summed E-state index contributed by atoms with van der Waals surface area (Å²) in [4.78, 5) is 40.2. The van der Waals surface area contributed by atoms with Crippen molar-refractivity contribution in [2.24, 2.45) is 0 Å². The van der Waals surface area contributed by atoms with Gasteiger partial charge in [0.25, 0.3) is 11.8 Å². The molecule has 0 spiro atoms. The summed E-state index contributed by atoms with van der Waals surface area (Å²) in [6.07, 6.45) is -0.170. The second-order valence-electron chi connectivity index (χ2n) is 11.1. The van der Waals surface area contributed by atoms with Crippen molar-refractivity contribution in [1.82, 2.24) is 10.2 Å². The lowest BCUT2D eigenvalue weighted by Gasteiger charge is -2.24. The lowest BCUT2D eigenvalue weighted by molar-refractivity contribution is -0.137. The topological polar surface area (TPSA) is 86.7 Å². The van der Waals surface area contributed by atoms with E-state index in [1.807, 2.05) is 66.7 Å². The van der Waals surface area contributed by atoms with Gasteiger partial charge in [-0.15, -0.1) is 0 Å². The molecule has 2 N–H and O–H groups in total. The Morgan fingerprint density at radius 1 is 0.707 bits per heavy atom. The van der Waals surface area contributed by atoms with Crippen LogP contribution in [0.3, 0.4) is 0 Å². The highest BCUT2D eigenvalue weighted by molar-refractivity contribution is 6.06. The van der Waals surface area contributed by atoms with Crippen molar-refractivity contribution in [2.45, 2.75) is 45.7 Å². The van der Waals surface area contributed by atoms with Gasteiger partial charge in [0.15, 0.2) is 0 Å². The zero-order valence-electron chi connectivity index (χ0n) is 23.8. The third-order valence-corrected chi connectivity index (χ3v) is 6.99. The van der Waals surface area contributed by atoms with E-state index in [4.69, 9.17) is 0 Å². The van der Waals surface area contributed by atoms with Crippen molar-refractivity contribution < 1.29 is 19.5 Å². The first-order valence-electron chi connectivity index (χ1n) is 13.7. The van der Waals surface area contributed by atoms with E-state index in [1.54, 1.807) is 29.2 Å². The SMILES string of the molecule is CC(C)(C)c1ccc(CNC(=O)c2ccccc2-c2ccccc2C(=O)N(CCC(=O)O)Cc2ccccc2)cc1. The molecule has 0 unspecified atom stereocenters. The molecule has 0 aliphatic heterocycles. The number of nitrogens with one attached hydrogen (secondary N) is 1. The first-order chi connectivity index (χ1) is 19.6. The minimum Gasteiger partial charge on any atom is -0.481 e. The maximum Gasteiger partial charge on any atom is 0.305 e. The molecule has 6 nitrogen and oxygen atoms in total. The predicted octanol–water partition coefficient (Wildman–Crippen LogP) is 6.70. The van der Waals surface area contributed by atoms with E-state index in [-0.39, 0.29) is 36.7 Å². The normalized spacial score (nSPS) is 11.1. The van der Waals surface area contributed by atoms with Crippen LogP contribution in [0.1, 0.15) is 64.6 Å².